The van der Waals surface area contributed by atoms with E-state index in [0.29, 0.717) is 6.04 Å². The second kappa shape index (κ2) is 5.28. The number of aliphatic hydroxyl groups is 1. The average molecular weight is 209 g/mol. The summed E-state index contributed by atoms with van der Waals surface area (Å²) in [5, 5.41) is 12.9. The molecule has 15 heavy (non-hydrogen) atoms. The van der Waals surface area contributed by atoms with E-state index >= 15 is 0 Å². The highest BCUT2D eigenvalue weighted by Gasteiger charge is 2.18. The first-order valence-electron chi connectivity index (χ1n) is 5.72. The van der Waals surface area contributed by atoms with Crippen molar-refractivity contribution >= 4 is 0 Å². The van der Waals surface area contributed by atoms with Crippen molar-refractivity contribution in [2.45, 2.75) is 44.4 Å². The quantitative estimate of drug-likeness (QED) is 0.770. The maximum atomic E-state index is 9.36. The summed E-state index contributed by atoms with van der Waals surface area (Å²) >= 11 is 0. The minimum Gasteiger partial charge on any atom is -0.393 e. The third-order valence-electron chi connectivity index (χ3n) is 3.06. The molecule has 2 N–H and O–H groups in total. The molecule has 0 spiro atoms. The molecule has 4 nitrogen and oxygen atoms in total. The van der Waals surface area contributed by atoms with Gasteiger partial charge in [-0.2, -0.15) is 0 Å². The molecule has 0 bridgehead atoms. The highest BCUT2D eigenvalue weighted by molar-refractivity contribution is 4.78. The van der Waals surface area contributed by atoms with Gasteiger partial charge in [0.05, 0.1) is 12.4 Å². The van der Waals surface area contributed by atoms with Gasteiger partial charge in [-0.15, -0.1) is 0 Å². The summed E-state index contributed by atoms with van der Waals surface area (Å²) in [6, 6.07) is 0.594. The molecule has 0 atom stereocenters. The highest BCUT2D eigenvalue weighted by Crippen LogP contribution is 2.17. The molecule has 1 aromatic rings. The second-order valence-electron chi connectivity index (χ2n) is 4.26. The summed E-state index contributed by atoms with van der Waals surface area (Å²) in [5.74, 6) is 0. The Labute approximate surface area is 90.3 Å². The van der Waals surface area contributed by atoms with Crippen LogP contribution in [0.3, 0.4) is 0 Å². The fourth-order valence-corrected chi connectivity index (χ4v) is 2.10. The zero-order valence-electron chi connectivity index (χ0n) is 8.97. The molecule has 0 aromatic carbocycles. The first-order chi connectivity index (χ1) is 7.34. The summed E-state index contributed by atoms with van der Waals surface area (Å²) in [6.45, 7) is 1.95. The predicted octanol–water partition coefficient (Wildman–Crippen LogP) is 0.776. The molecule has 0 unspecified atom stereocenters. The van der Waals surface area contributed by atoms with Crippen LogP contribution in [-0.2, 0) is 6.54 Å². The van der Waals surface area contributed by atoms with Crippen LogP contribution in [0, 0.1) is 0 Å². The van der Waals surface area contributed by atoms with E-state index in [1.54, 1.807) is 6.20 Å². The Morgan fingerprint density at radius 3 is 2.80 bits per heavy atom. The number of aliphatic hydroxyl groups excluding tert-OH is 1. The third-order valence-corrected chi connectivity index (χ3v) is 3.06. The SMILES string of the molecule is OC1CCC(NCCn2ccnc2)CC1. The highest BCUT2D eigenvalue weighted by atomic mass is 16.3. The van der Waals surface area contributed by atoms with Crippen LogP contribution in [0.5, 0.6) is 0 Å². The van der Waals surface area contributed by atoms with Crippen LogP contribution in [0.25, 0.3) is 0 Å². The summed E-state index contributed by atoms with van der Waals surface area (Å²) < 4.78 is 2.07. The molecule has 0 aliphatic heterocycles. The molecule has 1 heterocycles. The smallest absolute Gasteiger partial charge is 0.0946 e. The van der Waals surface area contributed by atoms with Crippen LogP contribution in [-0.4, -0.2) is 33.3 Å². The van der Waals surface area contributed by atoms with Gasteiger partial charge in [0.1, 0.15) is 0 Å². The van der Waals surface area contributed by atoms with E-state index in [9.17, 15) is 5.11 Å². The summed E-state index contributed by atoms with van der Waals surface area (Å²) in [6.07, 6.45) is 9.66. The van der Waals surface area contributed by atoms with E-state index in [4.69, 9.17) is 0 Å². The van der Waals surface area contributed by atoms with E-state index in [2.05, 4.69) is 14.9 Å². The molecule has 84 valence electrons. The largest absolute Gasteiger partial charge is 0.393 e. The number of hydrogen-bond donors (Lipinski definition) is 2. The van der Waals surface area contributed by atoms with Crippen molar-refractivity contribution in [1.29, 1.82) is 0 Å². The maximum Gasteiger partial charge on any atom is 0.0946 e. The number of nitrogens with one attached hydrogen (secondary N) is 1. The summed E-state index contributed by atoms with van der Waals surface area (Å²) in [4.78, 5) is 4.00. The van der Waals surface area contributed by atoms with E-state index in [1.807, 2.05) is 12.5 Å². The van der Waals surface area contributed by atoms with E-state index in [0.717, 1.165) is 38.8 Å². The zero-order chi connectivity index (χ0) is 10.5. The van der Waals surface area contributed by atoms with Crippen molar-refractivity contribution in [2.24, 2.45) is 0 Å². The second-order valence-corrected chi connectivity index (χ2v) is 4.26. The van der Waals surface area contributed by atoms with Gasteiger partial charge in [0.25, 0.3) is 0 Å². The molecule has 0 amide bonds. The van der Waals surface area contributed by atoms with Crippen LogP contribution in [0.4, 0.5) is 0 Å². The first-order valence-corrected chi connectivity index (χ1v) is 5.72. The van der Waals surface area contributed by atoms with Crippen LogP contribution < -0.4 is 5.32 Å². The molecule has 1 aliphatic rings. The van der Waals surface area contributed by atoms with Crippen LogP contribution in [0.15, 0.2) is 18.7 Å². The van der Waals surface area contributed by atoms with Gasteiger partial charge < -0.3 is 15.0 Å². The van der Waals surface area contributed by atoms with Crippen molar-refractivity contribution in [2.75, 3.05) is 6.54 Å². The molecule has 0 saturated heterocycles. The summed E-state index contributed by atoms with van der Waals surface area (Å²) in [5.41, 5.74) is 0. The summed E-state index contributed by atoms with van der Waals surface area (Å²) in [7, 11) is 0. The number of aromatic nitrogens is 2. The maximum absolute atomic E-state index is 9.36. The molecular formula is C11H19N3O. The van der Waals surface area contributed by atoms with Crippen molar-refractivity contribution in [1.82, 2.24) is 14.9 Å². The van der Waals surface area contributed by atoms with Crippen LogP contribution in [0.2, 0.25) is 0 Å². The topological polar surface area (TPSA) is 50.1 Å². The van der Waals surface area contributed by atoms with Crippen molar-refractivity contribution < 1.29 is 5.11 Å². The molecule has 4 heteroatoms. The minimum absolute atomic E-state index is 0.0586. The lowest BCUT2D eigenvalue weighted by molar-refractivity contribution is 0.116. The molecular weight excluding hydrogens is 190 g/mol. The Morgan fingerprint density at radius 2 is 2.13 bits per heavy atom. The predicted molar refractivity (Wildman–Crippen MR) is 58.5 cm³/mol. The lowest BCUT2D eigenvalue weighted by Crippen LogP contribution is -2.36. The molecule has 2 rings (SSSR count). The van der Waals surface area contributed by atoms with Gasteiger partial charge in [0, 0.05) is 31.5 Å². The lowest BCUT2D eigenvalue weighted by atomic mass is 9.93. The molecule has 0 radical (unpaired) electrons. The number of rotatable bonds is 4. The zero-order valence-corrected chi connectivity index (χ0v) is 8.97. The van der Waals surface area contributed by atoms with Gasteiger partial charge in [-0.25, -0.2) is 4.98 Å². The first kappa shape index (κ1) is 10.6. The standard InChI is InChI=1S/C11H19N3O/c15-11-3-1-10(2-4-11)13-6-8-14-7-5-12-9-14/h5,7,9-11,13,15H,1-4,6,8H2. The Balaban J connectivity index is 1.62. The van der Waals surface area contributed by atoms with Crippen molar-refractivity contribution in [3.05, 3.63) is 18.7 Å². The molecule has 1 aliphatic carbocycles. The lowest BCUT2D eigenvalue weighted by Gasteiger charge is -2.26. The third kappa shape index (κ3) is 3.32. The van der Waals surface area contributed by atoms with Crippen LogP contribution >= 0.6 is 0 Å². The fraction of sp³-hybridized carbons (Fsp3) is 0.727. The van der Waals surface area contributed by atoms with E-state index < -0.39 is 0 Å². The monoisotopic (exact) mass is 209 g/mol. The van der Waals surface area contributed by atoms with E-state index in [1.165, 1.54) is 0 Å². The van der Waals surface area contributed by atoms with E-state index in [-0.39, 0.29) is 6.10 Å². The average Bonchev–Trinajstić information content (AvgIpc) is 2.74. The van der Waals surface area contributed by atoms with Gasteiger partial charge in [-0.3, -0.25) is 0 Å². The molecule has 1 fully saturated rings. The van der Waals surface area contributed by atoms with Gasteiger partial charge in [0.2, 0.25) is 0 Å². The normalized spacial score (nSPS) is 26.7. The Hall–Kier alpha value is -0.870. The van der Waals surface area contributed by atoms with Crippen LogP contribution in [0.1, 0.15) is 25.7 Å². The Bertz CT molecular complexity index is 265. The number of hydrogen-bond acceptors (Lipinski definition) is 3. The Kier molecular flexibility index (Phi) is 3.75. The van der Waals surface area contributed by atoms with Crippen molar-refractivity contribution in [3.63, 3.8) is 0 Å². The van der Waals surface area contributed by atoms with Gasteiger partial charge in [-0.05, 0) is 25.7 Å². The molecule has 1 saturated carbocycles. The fourth-order valence-electron chi connectivity index (χ4n) is 2.10. The Morgan fingerprint density at radius 1 is 1.33 bits per heavy atom. The van der Waals surface area contributed by atoms with Crippen molar-refractivity contribution in [3.8, 4) is 0 Å². The van der Waals surface area contributed by atoms with Gasteiger partial charge >= 0.3 is 0 Å². The number of imidazole rings is 1. The van der Waals surface area contributed by atoms with Gasteiger partial charge in [0.15, 0.2) is 0 Å². The number of nitrogens with zero attached hydrogens (tertiary/aromatic N) is 2. The van der Waals surface area contributed by atoms with Gasteiger partial charge in [-0.1, -0.05) is 0 Å². The molecule has 1 aromatic heterocycles. The minimum atomic E-state index is -0.0586.